The third kappa shape index (κ3) is 6.19. The number of likely N-dealkylation sites (tertiary alicyclic amines) is 1. The Hall–Kier alpha value is -3.68. The molecule has 8 heteroatoms. The summed E-state index contributed by atoms with van der Waals surface area (Å²) in [4.78, 5) is 50.6. The molecule has 8 nitrogen and oxygen atoms in total. The lowest BCUT2D eigenvalue weighted by atomic mass is 10.1. The summed E-state index contributed by atoms with van der Waals surface area (Å²) in [6, 6.07) is 13.5. The van der Waals surface area contributed by atoms with Crippen LogP contribution in [0.2, 0.25) is 0 Å². The summed E-state index contributed by atoms with van der Waals surface area (Å²) in [6.07, 6.45) is 0.195. The van der Waals surface area contributed by atoms with E-state index in [9.17, 15) is 19.2 Å². The number of benzene rings is 2. The van der Waals surface area contributed by atoms with Gasteiger partial charge in [0.05, 0.1) is 5.92 Å². The Bertz CT molecular complexity index is 1070. The van der Waals surface area contributed by atoms with E-state index in [1.807, 2.05) is 32.9 Å². The molecule has 1 heterocycles. The molecular weight excluding hydrogens is 422 g/mol. The molecule has 1 fully saturated rings. The fourth-order valence-corrected chi connectivity index (χ4v) is 3.72. The molecule has 1 saturated heterocycles. The van der Waals surface area contributed by atoms with Crippen molar-refractivity contribution in [2.24, 2.45) is 5.92 Å². The number of carbonyl (C=O) groups is 4. The van der Waals surface area contributed by atoms with Crippen molar-refractivity contribution >= 4 is 29.4 Å². The lowest BCUT2D eigenvalue weighted by molar-refractivity contribution is -0.132. The maximum atomic E-state index is 12.7. The molecule has 0 bridgehead atoms. The largest absolute Gasteiger partial charge is 0.427 e. The number of ether oxygens (including phenoxy) is 1. The topological polar surface area (TPSA) is 105 Å². The minimum absolute atomic E-state index is 0.0219. The van der Waals surface area contributed by atoms with Gasteiger partial charge in [0.25, 0.3) is 5.91 Å². The summed E-state index contributed by atoms with van der Waals surface area (Å²) in [5, 5.41) is 5.73. The number of nitrogens with one attached hydrogen (secondary N) is 2. The molecule has 3 amide bonds. The molecule has 0 spiro atoms. The second-order valence-corrected chi connectivity index (χ2v) is 9.03. The first kappa shape index (κ1) is 24.0. The summed E-state index contributed by atoms with van der Waals surface area (Å²) < 4.78 is 5.03. The SMILES string of the molecule is CC(=O)Oc1cccc(C(=O)Nc2ccccc2CNC(=O)C2CC(=O)N(C(C)(C)C)C2)c1. The zero-order chi connectivity index (χ0) is 24.2. The number of carbonyl (C=O) groups excluding carboxylic acids is 4. The van der Waals surface area contributed by atoms with E-state index < -0.39 is 11.9 Å². The molecule has 1 aliphatic heterocycles. The number of para-hydroxylation sites is 1. The van der Waals surface area contributed by atoms with Crippen LogP contribution in [0.3, 0.4) is 0 Å². The monoisotopic (exact) mass is 451 g/mol. The number of hydrogen-bond donors (Lipinski definition) is 2. The Kier molecular flexibility index (Phi) is 7.16. The van der Waals surface area contributed by atoms with Crippen LogP contribution >= 0.6 is 0 Å². The number of hydrogen-bond acceptors (Lipinski definition) is 5. The highest BCUT2D eigenvalue weighted by molar-refractivity contribution is 6.05. The van der Waals surface area contributed by atoms with E-state index in [-0.39, 0.29) is 42.0 Å². The summed E-state index contributed by atoms with van der Waals surface area (Å²) in [5.41, 5.74) is 1.29. The molecule has 3 rings (SSSR count). The number of nitrogens with zero attached hydrogens (tertiary/aromatic N) is 1. The van der Waals surface area contributed by atoms with Gasteiger partial charge >= 0.3 is 5.97 Å². The Morgan fingerprint density at radius 3 is 2.48 bits per heavy atom. The summed E-state index contributed by atoms with van der Waals surface area (Å²) in [6.45, 7) is 7.75. The van der Waals surface area contributed by atoms with E-state index in [0.29, 0.717) is 17.8 Å². The molecule has 2 aromatic rings. The first-order valence-electron chi connectivity index (χ1n) is 10.8. The molecule has 2 aromatic carbocycles. The van der Waals surface area contributed by atoms with Gasteiger partial charge in [-0.2, -0.15) is 0 Å². The molecule has 0 radical (unpaired) electrons. The maximum absolute atomic E-state index is 12.7. The first-order valence-corrected chi connectivity index (χ1v) is 10.8. The van der Waals surface area contributed by atoms with Crippen LogP contribution in [-0.4, -0.2) is 40.7 Å². The molecule has 2 N–H and O–H groups in total. The van der Waals surface area contributed by atoms with Crippen molar-refractivity contribution in [2.45, 2.75) is 46.2 Å². The van der Waals surface area contributed by atoms with Crippen molar-refractivity contribution in [1.29, 1.82) is 0 Å². The molecule has 1 aliphatic rings. The van der Waals surface area contributed by atoms with E-state index in [0.717, 1.165) is 5.56 Å². The lowest BCUT2D eigenvalue weighted by Crippen LogP contribution is -2.43. The number of anilines is 1. The van der Waals surface area contributed by atoms with Crippen LogP contribution in [0.25, 0.3) is 0 Å². The van der Waals surface area contributed by atoms with Gasteiger partial charge in [-0.1, -0.05) is 24.3 Å². The summed E-state index contributed by atoms with van der Waals surface area (Å²) >= 11 is 0. The predicted octanol–water partition coefficient (Wildman–Crippen LogP) is 3.13. The lowest BCUT2D eigenvalue weighted by Gasteiger charge is -2.31. The molecule has 33 heavy (non-hydrogen) atoms. The van der Waals surface area contributed by atoms with Gasteiger partial charge in [-0.3, -0.25) is 19.2 Å². The number of rotatable bonds is 6. The zero-order valence-corrected chi connectivity index (χ0v) is 19.3. The third-order valence-electron chi connectivity index (χ3n) is 5.38. The van der Waals surface area contributed by atoms with Crippen LogP contribution in [0.4, 0.5) is 5.69 Å². The number of amides is 3. The number of esters is 1. The van der Waals surface area contributed by atoms with Crippen LogP contribution in [0.1, 0.15) is 50.0 Å². The average molecular weight is 452 g/mol. The first-order chi connectivity index (χ1) is 15.5. The Morgan fingerprint density at radius 2 is 1.82 bits per heavy atom. The molecule has 1 unspecified atom stereocenters. The predicted molar refractivity (Wildman–Crippen MR) is 124 cm³/mol. The molecule has 0 saturated carbocycles. The second-order valence-electron chi connectivity index (χ2n) is 9.03. The van der Waals surface area contributed by atoms with Crippen molar-refractivity contribution in [3.8, 4) is 5.75 Å². The smallest absolute Gasteiger partial charge is 0.308 e. The van der Waals surface area contributed by atoms with E-state index in [2.05, 4.69) is 10.6 Å². The van der Waals surface area contributed by atoms with E-state index in [1.54, 1.807) is 35.2 Å². The van der Waals surface area contributed by atoms with E-state index in [4.69, 9.17) is 4.74 Å². The van der Waals surface area contributed by atoms with Crippen LogP contribution in [-0.2, 0) is 20.9 Å². The van der Waals surface area contributed by atoms with Crippen LogP contribution in [0.15, 0.2) is 48.5 Å². The summed E-state index contributed by atoms with van der Waals surface area (Å²) in [7, 11) is 0. The summed E-state index contributed by atoms with van der Waals surface area (Å²) in [5.74, 6) is -1.17. The van der Waals surface area contributed by atoms with Crippen LogP contribution in [0.5, 0.6) is 5.75 Å². The van der Waals surface area contributed by atoms with Gasteiger partial charge in [-0.25, -0.2) is 0 Å². The molecule has 0 aromatic heterocycles. The van der Waals surface area contributed by atoms with Crippen molar-refractivity contribution in [2.75, 3.05) is 11.9 Å². The molecular formula is C25H29N3O5. The maximum Gasteiger partial charge on any atom is 0.308 e. The van der Waals surface area contributed by atoms with Gasteiger partial charge in [-0.05, 0) is 50.6 Å². The Morgan fingerprint density at radius 1 is 1.09 bits per heavy atom. The average Bonchev–Trinajstić information content (AvgIpc) is 3.15. The highest BCUT2D eigenvalue weighted by Crippen LogP contribution is 2.26. The van der Waals surface area contributed by atoms with Crippen molar-refractivity contribution in [3.05, 3.63) is 59.7 Å². The van der Waals surface area contributed by atoms with Gasteiger partial charge in [0, 0.05) is 43.2 Å². The van der Waals surface area contributed by atoms with Crippen molar-refractivity contribution in [1.82, 2.24) is 10.2 Å². The van der Waals surface area contributed by atoms with E-state index >= 15 is 0 Å². The minimum Gasteiger partial charge on any atom is -0.427 e. The second kappa shape index (κ2) is 9.85. The van der Waals surface area contributed by atoms with E-state index in [1.165, 1.54) is 13.0 Å². The molecule has 0 aliphatic carbocycles. The highest BCUT2D eigenvalue weighted by atomic mass is 16.5. The normalized spacial score (nSPS) is 15.8. The molecule has 1 atom stereocenters. The van der Waals surface area contributed by atoms with Gasteiger partial charge < -0.3 is 20.3 Å². The highest BCUT2D eigenvalue weighted by Gasteiger charge is 2.39. The Balaban J connectivity index is 1.64. The van der Waals surface area contributed by atoms with Crippen molar-refractivity contribution in [3.63, 3.8) is 0 Å². The third-order valence-corrected chi connectivity index (χ3v) is 5.38. The van der Waals surface area contributed by atoms with Crippen LogP contribution < -0.4 is 15.4 Å². The fourth-order valence-electron chi connectivity index (χ4n) is 3.72. The minimum atomic E-state index is -0.469. The van der Waals surface area contributed by atoms with Gasteiger partial charge in [0.1, 0.15) is 5.75 Å². The van der Waals surface area contributed by atoms with Crippen molar-refractivity contribution < 1.29 is 23.9 Å². The standard InChI is InChI=1S/C25H29N3O5/c1-16(29)33-20-10-7-9-17(12-20)24(32)27-21-11-6-5-8-18(21)14-26-23(31)19-13-22(30)28(15-19)25(2,3)4/h5-12,19H,13-15H2,1-4H3,(H,26,31)(H,27,32). The van der Waals surface area contributed by atoms with Crippen LogP contribution in [0, 0.1) is 5.92 Å². The molecule has 174 valence electrons. The quantitative estimate of drug-likeness (QED) is 0.519. The zero-order valence-electron chi connectivity index (χ0n) is 19.3. The Labute approximate surface area is 193 Å². The van der Waals surface area contributed by atoms with Gasteiger partial charge in [-0.15, -0.1) is 0 Å². The fraction of sp³-hybridized carbons (Fsp3) is 0.360. The van der Waals surface area contributed by atoms with Gasteiger partial charge in [0.15, 0.2) is 0 Å². The van der Waals surface area contributed by atoms with Gasteiger partial charge in [0.2, 0.25) is 11.8 Å².